The van der Waals surface area contributed by atoms with Gasteiger partial charge in [0.15, 0.2) is 0 Å². The van der Waals surface area contributed by atoms with Crippen LogP contribution in [-0.4, -0.2) is 43.4 Å². The number of ether oxygens (including phenoxy) is 1. The minimum absolute atomic E-state index is 0.194. The summed E-state index contributed by atoms with van der Waals surface area (Å²) in [6.45, 7) is 0. The molecule has 0 saturated heterocycles. The summed E-state index contributed by atoms with van der Waals surface area (Å²) in [7, 11) is 1.38. The van der Waals surface area contributed by atoms with Crippen molar-refractivity contribution in [1.29, 1.82) is 0 Å². The van der Waals surface area contributed by atoms with Crippen molar-refractivity contribution >= 4 is 41.0 Å². The molecule has 4 rings (SSSR count). The Morgan fingerprint density at radius 1 is 0.686 bits per heavy atom. The van der Waals surface area contributed by atoms with E-state index in [2.05, 4.69) is 41.7 Å². The van der Waals surface area contributed by atoms with Gasteiger partial charge >= 0.3 is 212 Å². The Morgan fingerprint density at radius 2 is 1.09 bits per heavy atom. The summed E-state index contributed by atoms with van der Waals surface area (Å²) in [5.41, 5.74) is 0.901. The Hall–Kier alpha value is -3.38. The average molecular weight is 570 g/mol. The minimum atomic E-state index is -3.79. The number of hydrogen-bond donors (Lipinski definition) is 1. The summed E-state index contributed by atoms with van der Waals surface area (Å²) >= 11 is -3.79. The molecule has 1 amide bonds. The van der Waals surface area contributed by atoms with Gasteiger partial charge in [-0.25, -0.2) is 0 Å². The van der Waals surface area contributed by atoms with Crippen molar-refractivity contribution in [2.75, 3.05) is 7.11 Å². The van der Waals surface area contributed by atoms with Gasteiger partial charge in [-0.3, -0.25) is 0 Å². The molecule has 1 atom stereocenters. The van der Waals surface area contributed by atoms with Gasteiger partial charge in [-0.2, -0.15) is 0 Å². The molecule has 1 N–H and O–H groups in total. The normalized spacial score (nSPS) is 11.9. The molecular formula is C30H29NO3Sn. The van der Waals surface area contributed by atoms with Crippen LogP contribution in [0.15, 0.2) is 121 Å². The maximum atomic E-state index is 13.1. The van der Waals surface area contributed by atoms with Crippen molar-refractivity contribution in [3.05, 3.63) is 127 Å². The van der Waals surface area contributed by atoms with E-state index in [0.29, 0.717) is 4.44 Å². The fraction of sp³-hybridized carbons (Fsp3) is 0.133. The van der Waals surface area contributed by atoms with Crippen molar-refractivity contribution in [3.8, 4) is 0 Å². The first kappa shape index (κ1) is 24.7. The average Bonchev–Trinajstić information content (AvgIpc) is 2.92. The van der Waals surface area contributed by atoms with E-state index in [9.17, 15) is 9.59 Å². The first-order valence-electron chi connectivity index (χ1n) is 11.7. The molecule has 5 heteroatoms. The molecule has 0 saturated carbocycles. The molecular weight excluding hydrogens is 541 g/mol. The number of esters is 1. The van der Waals surface area contributed by atoms with Crippen LogP contribution in [0, 0.1) is 0 Å². The van der Waals surface area contributed by atoms with Crippen molar-refractivity contribution in [1.82, 2.24) is 5.32 Å². The van der Waals surface area contributed by atoms with E-state index in [-0.39, 0.29) is 12.3 Å². The van der Waals surface area contributed by atoms with E-state index in [1.54, 1.807) is 0 Å². The van der Waals surface area contributed by atoms with Gasteiger partial charge in [-0.1, -0.05) is 0 Å². The van der Waals surface area contributed by atoms with Crippen LogP contribution < -0.4 is 16.1 Å². The molecule has 0 aromatic heterocycles. The van der Waals surface area contributed by atoms with E-state index in [1.807, 2.05) is 84.9 Å². The predicted octanol–water partition coefficient (Wildman–Crippen LogP) is 3.06. The molecule has 4 aromatic rings. The zero-order chi connectivity index (χ0) is 24.5. The molecule has 4 aromatic carbocycles. The maximum absolute atomic E-state index is 13.1. The summed E-state index contributed by atoms with van der Waals surface area (Å²) < 4.78 is 9.43. The van der Waals surface area contributed by atoms with Gasteiger partial charge in [0.25, 0.3) is 0 Å². The second-order valence-electron chi connectivity index (χ2n) is 8.51. The molecule has 0 aliphatic carbocycles. The third-order valence-corrected chi connectivity index (χ3v) is 20.5. The molecule has 0 fully saturated rings. The quantitative estimate of drug-likeness (QED) is 0.249. The van der Waals surface area contributed by atoms with E-state index in [4.69, 9.17) is 4.74 Å². The zero-order valence-electron chi connectivity index (χ0n) is 19.8. The summed E-state index contributed by atoms with van der Waals surface area (Å²) in [6.07, 6.45) is 0.207. The summed E-state index contributed by atoms with van der Waals surface area (Å²) in [5.74, 6) is -0.615. The second kappa shape index (κ2) is 11.8. The fourth-order valence-electron chi connectivity index (χ4n) is 4.69. The van der Waals surface area contributed by atoms with Gasteiger partial charge in [0.2, 0.25) is 0 Å². The second-order valence-corrected chi connectivity index (χ2v) is 19.8. The number of carbonyl (C=O) groups is 2. The Balaban J connectivity index is 1.79. The number of amides is 1. The van der Waals surface area contributed by atoms with Crippen molar-refractivity contribution in [3.63, 3.8) is 0 Å². The van der Waals surface area contributed by atoms with Gasteiger partial charge in [-0.15, -0.1) is 0 Å². The van der Waals surface area contributed by atoms with Gasteiger partial charge in [-0.05, 0) is 0 Å². The first-order valence-corrected chi connectivity index (χ1v) is 18.0. The predicted molar refractivity (Wildman–Crippen MR) is 143 cm³/mol. The van der Waals surface area contributed by atoms with Crippen LogP contribution >= 0.6 is 0 Å². The zero-order valence-corrected chi connectivity index (χ0v) is 22.6. The molecule has 0 spiro atoms. The van der Waals surface area contributed by atoms with Crippen molar-refractivity contribution < 1.29 is 14.3 Å². The standard InChI is InChI=1S/C12H14NO3.3C6H5.Sn/c1-9(12(15)16-2)13-11(14)8-10-6-4-3-5-7-10;3*1-2-4-6-5-3-1;/h3-7,9H,1,8H2,2H3,(H,13,14);3*1-5H;/t9-;;;;/m0..../s1. The molecule has 0 aliphatic heterocycles. The molecule has 35 heavy (non-hydrogen) atoms. The van der Waals surface area contributed by atoms with Crippen LogP contribution in [0.25, 0.3) is 0 Å². The topological polar surface area (TPSA) is 55.4 Å². The molecule has 0 bridgehead atoms. The van der Waals surface area contributed by atoms with Crippen LogP contribution in [0.3, 0.4) is 0 Å². The Morgan fingerprint density at radius 3 is 1.49 bits per heavy atom. The van der Waals surface area contributed by atoms with Gasteiger partial charge < -0.3 is 0 Å². The summed E-state index contributed by atoms with van der Waals surface area (Å²) in [5, 5.41) is 3.02. The Labute approximate surface area is 210 Å². The number of benzene rings is 4. The van der Waals surface area contributed by atoms with Crippen molar-refractivity contribution in [2.24, 2.45) is 0 Å². The third kappa shape index (κ3) is 5.82. The molecule has 0 radical (unpaired) electrons. The summed E-state index contributed by atoms with van der Waals surface area (Å²) in [6, 6.07) is 40.1. The number of rotatable bonds is 9. The van der Waals surface area contributed by atoms with Crippen LogP contribution in [0.5, 0.6) is 0 Å². The molecule has 0 heterocycles. The molecule has 4 nitrogen and oxygen atoms in total. The van der Waals surface area contributed by atoms with Gasteiger partial charge in [0.1, 0.15) is 0 Å². The van der Waals surface area contributed by atoms with Crippen LogP contribution in [0.4, 0.5) is 0 Å². The van der Waals surface area contributed by atoms with Crippen LogP contribution in [0.2, 0.25) is 4.44 Å². The number of carbonyl (C=O) groups excluding carboxylic acids is 2. The van der Waals surface area contributed by atoms with E-state index < -0.39 is 30.4 Å². The van der Waals surface area contributed by atoms with Gasteiger partial charge in [0.05, 0.1) is 0 Å². The molecule has 176 valence electrons. The number of methoxy groups -OCH3 is 1. The van der Waals surface area contributed by atoms with Crippen molar-refractivity contribution in [2.45, 2.75) is 16.9 Å². The molecule has 0 aliphatic rings. The van der Waals surface area contributed by atoms with Gasteiger partial charge in [0, 0.05) is 0 Å². The van der Waals surface area contributed by atoms with E-state index >= 15 is 0 Å². The Bertz CT molecular complexity index is 1140. The molecule has 0 unspecified atom stereocenters. The summed E-state index contributed by atoms with van der Waals surface area (Å²) in [4.78, 5) is 26.1. The van der Waals surface area contributed by atoms with Crippen LogP contribution in [0.1, 0.15) is 5.56 Å². The number of hydrogen-bond acceptors (Lipinski definition) is 3. The SMILES string of the molecule is COC(=O)[C@H]([CH2][Sn]([c]1ccccc1)([c]1ccccc1)[c]1ccccc1)NC(=O)Cc1ccccc1. The fourth-order valence-corrected chi connectivity index (χ4v) is 18.6. The number of nitrogens with one attached hydrogen (secondary N) is 1. The first-order chi connectivity index (χ1) is 17.1. The monoisotopic (exact) mass is 571 g/mol. The van der Waals surface area contributed by atoms with Crippen LogP contribution in [-0.2, 0) is 20.7 Å². The van der Waals surface area contributed by atoms with E-state index in [1.165, 1.54) is 17.8 Å². The van der Waals surface area contributed by atoms with E-state index in [0.717, 1.165) is 5.56 Å². The Kier molecular flexibility index (Phi) is 8.37. The third-order valence-electron chi connectivity index (χ3n) is 6.34.